The average molecular weight is 426 g/mol. The van der Waals surface area contributed by atoms with Crippen molar-refractivity contribution in [1.29, 1.82) is 0 Å². The number of furan rings is 2. The minimum Gasteiger partial charge on any atom is -0.456 e. The molecule has 0 spiro atoms. The summed E-state index contributed by atoms with van der Waals surface area (Å²) in [6, 6.07) is 30.8. The Morgan fingerprint density at radius 2 is 0.939 bits per heavy atom. The molecule has 0 aliphatic rings. The lowest BCUT2D eigenvalue weighted by Crippen LogP contribution is -1.94. The summed E-state index contributed by atoms with van der Waals surface area (Å²) >= 11 is 0. The monoisotopic (exact) mass is 426 g/mol. The predicted molar refractivity (Wildman–Crippen MR) is 132 cm³/mol. The molecule has 156 valence electrons. The Bertz CT molecular complexity index is 1710. The number of para-hydroxylation sites is 2. The van der Waals surface area contributed by atoms with Crippen molar-refractivity contribution in [3.63, 3.8) is 0 Å². The third-order valence-electron chi connectivity index (χ3n) is 6.19. The molecule has 4 aromatic carbocycles. The normalized spacial score (nSPS) is 11.8. The van der Waals surface area contributed by atoms with Crippen LogP contribution in [0.3, 0.4) is 0 Å². The quantitative estimate of drug-likeness (QED) is 0.282. The fourth-order valence-electron chi connectivity index (χ4n) is 4.63. The minimum absolute atomic E-state index is 0.719. The number of nitrogens with zero attached hydrogens (tertiary/aromatic N) is 2. The molecule has 0 amide bonds. The molecule has 7 rings (SSSR count). The van der Waals surface area contributed by atoms with Crippen LogP contribution in [0, 0.1) is 6.92 Å². The number of rotatable bonds is 2. The van der Waals surface area contributed by atoms with E-state index in [0.717, 1.165) is 72.2 Å². The van der Waals surface area contributed by atoms with Gasteiger partial charge in [-0.1, -0.05) is 48.5 Å². The van der Waals surface area contributed by atoms with Crippen molar-refractivity contribution < 1.29 is 8.83 Å². The largest absolute Gasteiger partial charge is 0.456 e. The van der Waals surface area contributed by atoms with Crippen LogP contribution in [-0.2, 0) is 0 Å². The van der Waals surface area contributed by atoms with Crippen molar-refractivity contribution in [2.45, 2.75) is 6.92 Å². The van der Waals surface area contributed by atoms with Crippen LogP contribution in [0.2, 0.25) is 0 Å². The zero-order chi connectivity index (χ0) is 21.9. The molecule has 33 heavy (non-hydrogen) atoms. The highest BCUT2D eigenvalue weighted by atomic mass is 16.3. The lowest BCUT2D eigenvalue weighted by molar-refractivity contribution is 0.668. The van der Waals surface area contributed by atoms with Crippen LogP contribution in [-0.4, -0.2) is 9.97 Å². The second kappa shape index (κ2) is 6.78. The first kappa shape index (κ1) is 18.2. The molecule has 0 aliphatic heterocycles. The molecule has 0 fully saturated rings. The van der Waals surface area contributed by atoms with E-state index in [1.54, 1.807) is 0 Å². The SMILES string of the molecule is Cc1nc(-c2ccc3c(c2)oc2ccccc23)cc(-c2ccc3c(c2)oc2ccccc23)n1. The van der Waals surface area contributed by atoms with Crippen LogP contribution in [0.4, 0.5) is 0 Å². The Morgan fingerprint density at radius 3 is 1.45 bits per heavy atom. The van der Waals surface area contributed by atoms with Crippen LogP contribution >= 0.6 is 0 Å². The molecule has 0 radical (unpaired) electrons. The van der Waals surface area contributed by atoms with E-state index < -0.39 is 0 Å². The van der Waals surface area contributed by atoms with E-state index in [-0.39, 0.29) is 0 Å². The summed E-state index contributed by atoms with van der Waals surface area (Å²) in [6.07, 6.45) is 0. The van der Waals surface area contributed by atoms with E-state index >= 15 is 0 Å². The molecule has 3 heterocycles. The topological polar surface area (TPSA) is 52.1 Å². The van der Waals surface area contributed by atoms with Crippen LogP contribution in [0.25, 0.3) is 66.4 Å². The standard InChI is InChI=1S/C29H18N2O2/c1-17-30-24(18-10-12-22-20-6-2-4-8-26(20)32-28(22)14-18)16-25(31-17)19-11-13-23-21-7-3-5-9-27(21)33-29(23)15-19/h2-16H,1H3. The highest BCUT2D eigenvalue weighted by Crippen LogP contribution is 2.34. The Labute approximate surface area is 189 Å². The summed E-state index contributed by atoms with van der Waals surface area (Å²) < 4.78 is 12.2. The fourth-order valence-corrected chi connectivity index (χ4v) is 4.63. The Hall–Kier alpha value is -4.44. The number of aryl methyl sites for hydroxylation is 1. The van der Waals surface area contributed by atoms with E-state index in [2.05, 4.69) is 48.5 Å². The van der Waals surface area contributed by atoms with E-state index in [0.29, 0.717) is 0 Å². The second-order valence-corrected chi connectivity index (χ2v) is 8.30. The number of hydrogen-bond donors (Lipinski definition) is 0. The smallest absolute Gasteiger partial charge is 0.136 e. The van der Waals surface area contributed by atoms with Crippen molar-refractivity contribution in [3.05, 3.63) is 96.8 Å². The van der Waals surface area contributed by atoms with Gasteiger partial charge in [0, 0.05) is 32.7 Å². The summed E-state index contributed by atoms with van der Waals surface area (Å²) in [5.41, 5.74) is 7.22. The van der Waals surface area contributed by atoms with Crippen molar-refractivity contribution in [1.82, 2.24) is 9.97 Å². The summed E-state index contributed by atoms with van der Waals surface area (Å²) in [6.45, 7) is 1.92. The summed E-state index contributed by atoms with van der Waals surface area (Å²) in [7, 11) is 0. The van der Waals surface area contributed by atoms with Gasteiger partial charge >= 0.3 is 0 Å². The van der Waals surface area contributed by atoms with Gasteiger partial charge in [-0.3, -0.25) is 0 Å². The third-order valence-corrected chi connectivity index (χ3v) is 6.19. The first-order valence-electron chi connectivity index (χ1n) is 10.9. The van der Waals surface area contributed by atoms with Crippen molar-refractivity contribution in [2.75, 3.05) is 0 Å². The van der Waals surface area contributed by atoms with Crippen LogP contribution < -0.4 is 0 Å². The molecule has 0 saturated carbocycles. The zero-order valence-electron chi connectivity index (χ0n) is 17.9. The first-order valence-corrected chi connectivity index (χ1v) is 10.9. The van der Waals surface area contributed by atoms with E-state index in [9.17, 15) is 0 Å². The number of hydrogen-bond acceptors (Lipinski definition) is 4. The summed E-state index contributed by atoms with van der Waals surface area (Å²) in [5.74, 6) is 0.719. The molecule has 0 bridgehead atoms. The van der Waals surface area contributed by atoms with Crippen LogP contribution in [0.1, 0.15) is 5.82 Å². The average Bonchev–Trinajstić information content (AvgIpc) is 3.40. The fraction of sp³-hybridized carbons (Fsp3) is 0.0345. The maximum Gasteiger partial charge on any atom is 0.136 e. The Morgan fingerprint density at radius 1 is 0.485 bits per heavy atom. The molecule has 0 atom stereocenters. The van der Waals surface area contributed by atoms with Crippen molar-refractivity contribution in [3.8, 4) is 22.5 Å². The molecule has 0 N–H and O–H groups in total. The van der Waals surface area contributed by atoms with Crippen molar-refractivity contribution in [2.24, 2.45) is 0 Å². The van der Waals surface area contributed by atoms with Gasteiger partial charge < -0.3 is 8.83 Å². The molecule has 3 aromatic heterocycles. The number of benzene rings is 4. The van der Waals surface area contributed by atoms with Crippen LogP contribution in [0.15, 0.2) is 99.8 Å². The minimum atomic E-state index is 0.719. The third kappa shape index (κ3) is 2.84. The molecule has 4 nitrogen and oxygen atoms in total. The zero-order valence-corrected chi connectivity index (χ0v) is 17.9. The summed E-state index contributed by atoms with van der Waals surface area (Å²) in [4.78, 5) is 9.42. The highest BCUT2D eigenvalue weighted by molar-refractivity contribution is 6.06. The molecular formula is C29H18N2O2. The van der Waals surface area contributed by atoms with E-state index in [4.69, 9.17) is 18.8 Å². The Balaban J connectivity index is 1.36. The first-order chi connectivity index (χ1) is 16.2. The maximum atomic E-state index is 6.08. The van der Waals surface area contributed by atoms with Gasteiger partial charge in [-0.15, -0.1) is 0 Å². The van der Waals surface area contributed by atoms with Gasteiger partial charge in [0.25, 0.3) is 0 Å². The number of aromatic nitrogens is 2. The van der Waals surface area contributed by atoms with Gasteiger partial charge in [0.1, 0.15) is 28.2 Å². The van der Waals surface area contributed by atoms with Gasteiger partial charge in [0.05, 0.1) is 11.4 Å². The second-order valence-electron chi connectivity index (χ2n) is 8.30. The predicted octanol–water partition coefficient (Wildman–Crippen LogP) is 7.92. The number of fused-ring (bicyclic) bond motifs is 6. The molecule has 0 saturated heterocycles. The molecule has 7 aromatic rings. The van der Waals surface area contributed by atoms with Gasteiger partial charge in [-0.05, 0) is 49.4 Å². The maximum absolute atomic E-state index is 6.08. The van der Waals surface area contributed by atoms with E-state index in [1.165, 1.54) is 0 Å². The lowest BCUT2D eigenvalue weighted by atomic mass is 10.0. The van der Waals surface area contributed by atoms with E-state index in [1.807, 2.05) is 49.4 Å². The van der Waals surface area contributed by atoms with Gasteiger partial charge in [0.15, 0.2) is 0 Å². The highest BCUT2D eigenvalue weighted by Gasteiger charge is 2.13. The molecule has 0 unspecified atom stereocenters. The molecular weight excluding hydrogens is 408 g/mol. The van der Waals surface area contributed by atoms with Crippen LogP contribution in [0.5, 0.6) is 0 Å². The summed E-state index contributed by atoms with van der Waals surface area (Å²) in [5, 5.41) is 4.46. The van der Waals surface area contributed by atoms with Crippen molar-refractivity contribution >= 4 is 43.9 Å². The molecule has 4 heteroatoms. The lowest BCUT2D eigenvalue weighted by Gasteiger charge is -2.07. The van der Waals surface area contributed by atoms with Gasteiger partial charge in [-0.2, -0.15) is 0 Å². The Kier molecular flexibility index (Phi) is 3.73. The van der Waals surface area contributed by atoms with Gasteiger partial charge in [0.2, 0.25) is 0 Å². The molecule has 0 aliphatic carbocycles. The van der Waals surface area contributed by atoms with Gasteiger partial charge in [-0.25, -0.2) is 9.97 Å².